The number of rotatable bonds is 3. The van der Waals surface area contributed by atoms with E-state index in [2.05, 4.69) is 0 Å². The van der Waals surface area contributed by atoms with Crippen LogP contribution < -0.4 is 9.96 Å². The molecule has 3 atom stereocenters. The molecule has 7 heteroatoms. The highest BCUT2D eigenvalue weighted by Gasteiger charge is 2.61. The second kappa shape index (κ2) is 6.51. The van der Waals surface area contributed by atoms with Crippen molar-refractivity contribution in [2.45, 2.75) is 12.1 Å². The van der Waals surface area contributed by atoms with Gasteiger partial charge in [-0.2, -0.15) is 0 Å². The Kier molecular flexibility index (Phi) is 3.96. The minimum atomic E-state index is -0.918. The van der Waals surface area contributed by atoms with E-state index in [4.69, 9.17) is 20.9 Å². The summed E-state index contributed by atoms with van der Waals surface area (Å²) in [6.07, 6.45) is 0.623. The Morgan fingerprint density at radius 1 is 0.821 bits per heavy atom. The van der Waals surface area contributed by atoms with Gasteiger partial charge in [0.05, 0.1) is 17.6 Å². The zero-order valence-corrected chi connectivity index (χ0v) is 15.3. The lowest BCUT2D eigenvalue weighted by Crippen LogP contribution is -2.37. The monoisotopic (exact) mass is 394 g/mol. The molecule has 2 fully saturated rings. The third-order valence-electron chi connectivity index (χ3n) is 5.05. The summed E-state index contributed by atoms with van der Waals surface area (Å²) in [6.45, 7) is 0. The fraction of sp³-hybridized carbons (Fsp3) is 0.143. The summed E-state index contributed by atoms with van der Waals surface area (Å²) in [5, 5.41) is 2.16. The van der Waals surface area contributed by atoms with Crippen LogP contribution in [0.15, 0.2) is 77.4 Å². The molecule has 2 aromatic carbocycles. The van der Waals surface area contributed by atoms with Gasteiger partial charge in [-0.25, -0.2) is 9.96 Å². The third-order valence-corrected chi connectivity index (χ3v) is 5.30. The number of para-hydroxylation sites is 1. The van der Waals surface area contributed by atoms with Crippen LogP contribution in [0.3, 0.4) is 0 Å². The van der Waals surface area contributed by atoms with Crippen LogP contribution in [0.2, 0.25) is 5.02 Å². The average molecular weight is 395 g/mol. The highest BCUT2D eigenvalue weighted by molar-refractivity contribution is 6.30. The van der Waals surface area contributed by atoms with Crippen molar-refractivity contribution in [3.8, 4) is 0 Å². The Hall–Kier alpha value is -3.09. The summed E-state index contributed by atoms with van der Waals surface area (Å²) in [5.41, 5.74) is 1.22. The Balaban J connectivity index is 1.57. The first-order valence-electron chi connectivity index (χ1n) is 8.83. The fourth-order valence-electron chi connectivity index (χ4n) is 3.81. The van der Waals surface area contributed by atoms with Crippen molar-refractivity contribution in [3.63, 3.8) is 0 Å². The van der Waals surface area contributed by atoms with E-state index in [9.17, 15) is 9.59 Å². The zero-order chi connectivity index (χ0) is 19.3. The second-order valence-corrected chi connectivity index (χ2v) is 7.10. The molecule has 0 unspecified atom stereocenters. The molecular formula is C21H15ClN2O4. The van der Waals surface area contributed by atoms with Gasteiger partial charge in [-0.15, -0.1) is 0 Å². The Bertz CT molecular complexity index is 1020. The lowest BCUT2D eigenvalue weighted by molar-refractivity contribution is -0.126. The summed E-state index contributed by atoms with van der Waals surface area (Å²) in [4.78, 5) is 33.5. The maximum atomic E-state index is 13.3. The van der Waals surface area contributed by atoms with E-state index in [0.29, 0.717) is 22.2 Å². The number of nitrogens with zero attached hydrogens (tertiary/aromatic N) is 2. The fourth-order valence-corrected chi connectivity index (χ4v) is 3.93. The van der Waals surface area contributed by atoms with E-state index in [0.717, 1.165) is 0 Å². The summed E-state index contributed by atoms with van der Waals surface area (Å²) >= 11 is 5.99. The summed E-state index contributed by atoms with van der Waals surface area (Å²) < 4.78 is 5.60. The molecule has 0 aliphatic carbocycles. The molecule has 2 aliphatic heterocycles. The Morgan fingerprint density at radius 2 is 1.57 bits per heavy atom. The Morgan fingerprint density at radius 3 is 2.25 bits per heavy atom. The number of benzene rings is 2. The molecule has 0 N–H and O–H groups in total. The van der Waals surface area contributed by atoms with Gasteiger partial charge in [0.25, 0.3) is 5.91 Å². The smallest absolute Gasteiger partial charge is 0.266 e. The molecule has 0 spiro atoms. The number of hydrogen-bond donors (Lipinski definition) is 0. The van der Waals surface area contributed by atoms with Crippen LogP contribution in [0, 0.1) is 5.92 Å². The SMILES string of the molecule is O=C1[C@H]2[C@H](ON(c3ccc(Cl)cc3)[C@H]2c2ccco2)C(=O)N1c1ccccc1. The van der Waals surface area contributed by atoms with Gasteiger partial charge in [0.1, 0.15) is 17.7 Å². The Labute approximate surface area is 165 Å². The van der Waals surface area contributed by atoms with Gasteiger partial charge in [0, 0.05) is 5.02 Å². The number of imide groups is 1. The number of amides is 2. The van der Waals surface area contributed by atoms with Gasteiger partial charge in [-0.3, -0.25) is 14.4 Å². The quantitative estimate of drug-likeness (QED) is 0.629. The number of hydrogen-bond acceptors (Lipinski definition) is 5. The van der Waals surface area contributed by atoms with E-state index >= 15 is 0 Å². The van der Waals surface area contributed by atoms with Crippen molar-refractivity contribution in [1.29, 1.82) is 0 Å². The maximum absolute atomic E-state index is 13.3. The average Bonchev–Trinajstić information content (AvgIpc) is 3.41. The van der Waals surface area contributed by atoms with Crippen molar-refractivity contribution < 1.29 is 18.8 Å². The number of hydroxylamine groups is 1. The molecule has 0 bridgehead atoms. The van der Waals surface area contributed by atoms with Crippen LogP contribution in [-0.2, 0) is 14.4 Å². The van der Waals surface area contributed by atoms with Gasteiger partial charge in [0.15, 0.2) is 6.10 Å². The van der Waals surface area contributed by atoms with Gasteiger partial charge < -0.3 is 4.42 Å². The standard InChI is InChI=1S/C21H15ClN2O4/c22-13-8-10-15(11-9-13)24-18(16-7-4-12-27-16)17-19(28-24)21(26)23(20(17)25)14-5-2-1-3-6-14/h1-12,17-19H/t17-,18+,19+/m1/s1. The summed E-state index contributed by atoms with van der Waals surface area (Å²) in [6, 6.07) is 18.9. The molecule has 2 aliphatic rings. The van der Waals surface area contributed by atoms with Gasteiger partial charge in [-0.1, -0.05) is 29.8 Å². The van der Waals surface area contributed by atoms with Crippen molar-refractivity contribution >= 4 is 34.8 Å². The topological polar surface area (TPSA) is 63.0 Å². The number of halogens is 1. The van der Waals surface area contributed by atoms with Crippen molar-refractivity contribution in [2.75, 3.05) is 9.96 Å². The molecular weight excluding hydrogens is 380 g/mol. The molecule has 5 rings (SSSR count). The lowest BCUT2D eigenvalue weighted by atomic mass is 9.94. The van der Waals surface area contributed by atoms with Crippen molar-refractivity contribution in [2.24, 2.45) is 5.92 Å². The highest BCUT2D eigenvalue weighted by atomic mass is 35.5. The van der Waals surface area contributed by atoms with Crippen LogP contribution in [0.1, 0.15) is 11.8 Å². The minimum Gasteiger partial charge on any atom is -0.467 e. The summed E-state index contributed by atoms with van der Waals surface area (Å²) in [5.74, 6) is -0.846. The maximum Gasteiger partial charge on any atom is 0.266 e. The van der Waals surface area contributed by atoms with Crippen LogP contribution in [0.5, 0.6) is 0 Å². The number of carbonyl (C=O) groups excluding carboxylic acids is 2. The molecule has 28 heavy (non-hydrogen) atoms. The zero-order valence-electron chi connectivity index (χ0n) is 14.6. The molecule has 3 heterocycles. The molecule has 2 amide bonds. The first-order valence-corrected chi connectivity index (χ1v) is 9.21. The van der Waals surface area contributed by atoms with E-state index in [1.54, 1.807) is 72.0 Å². The van der Waals surface area contributed by atoms with Crippen LogP contribution in [0.25, 0.3) is 0 Å². The summed E-state index contributed by atoms with van der Waals surface area (Å²) in [7, 11) is 0. The lowest BCUT2D eigenvalue weighted by Gasteiger charge is -2.27. The second-order valence-electron chi connectivity index (χ2n) is 6.66. The van der Waals surface area contributed by atoms with Gasteiger partial charge >= 0.3 is 0 Å². The molecule has 6 nitrogen and oxygen atoms in total. The predicted molar refractivity (Wildman–Crippen MR) is 103 cm³/mol. The minimum absolute atomic E-state index is 0.306. The predicted octanol–water partition coefficient (Wildman–Crippen LogP) is 3.98. The first kappa shape index (κ1) is 17.0. The molecule has 0 saturated carbocycles. The van der Waals surface area contributed by atoms with E-state index in [-0.39, 0.29) is 11.8 Å². The van der Waals surface area contributed by atoms with E-state index in [1.807, 2.05) is 6.07 Å². The van der Waals surface area contributed by atoms with Gasteiger partial charge in [0.2, 0.25) is 5.91 Å². The molecule has 1 aromatic heterocycles. The van der Waals surface area contributed by atoms with Crippen LogP contribution in [0.4, 0.5) is 11.4 Å². The van der Waals surface area contributed by atoms with Crippen LogP contribution in [-0.4, -0.2) is 17.9 Å². The molecule has 0 radical (unpaired) electrons. The van der Waals surface area contributed by atoms with Crippen LogP contribution >= 0.6 is 11.6 Å². The van der Waals surface area contributed by atoms with Crippen molar-refractivity contribution in [3.05, 3.63) is 83.8 Å². The molecule has 3 aromatic rings. The highest BCUT2D eigenvalue weighted by Crippen LogP contribution is 2.47. The van der Waals surface area contributed by atoms with E-state index < -0.39 is 18.1 Å². The van der Waals surface area contributed by atoms with Gasteiger partial charge in [-0.05, 0) is 48.5 Å². The molecule has 2 saturated heterocycles. The molecule has 140 valence electrons. The number of carbonyl (C=O) groups is 2. The largest absolute Gasteiger partial charge is 0.467 e. The number of anilines is 2. The third kappa shape index (κ3) is 2.53. The van der Waals surface area contributed by atoms with Crippen molar-refractivity contribution in [1.82, 2.24) is 0 Å². The number of furan rings is 1. The normalized spacial score (nSPS) is 24.1. The van der Waals surface area contributed by atoms with E-state index in [1.165, 1.54) is 4.90 Å². The first-order chi connectivity index (χ1) is 13.6. The number of fused-ring (bicyclic) bond motifs is 1.